The summed E-state index contributed by atoms with van der Waals surface area (Å²) in [6.07, 6.45) is -2.94. The lowest BCUT2D eigenvalue weighted by Gasteiger charge is -2.12. The van der Waals surface area contributed by atoms with Crippen LogP contribution in [0.2, 0.25) is 0 Å². The van der Waals surface area contributed by atoms with Crippen molar-refractivity contribution in [1.82, 2.24) is 0 Å². The van der Waals surface area contributed by atoms with Crippen LogP contribution in [0.1, 0.15) is 5.56 Å². The second-order valence-corrected chi connectivity index (χ2v) is 3.56. The number of aliphatic hydroxyl groups excluding tert-OH is 1. The van der Waals surface area contributed by atoms with Crippen molar-refractivity contribution in [2.24, 2.45) is 0 Å². The molecule has 0 saturated carbocycles. The largest absolute Gasteiger partial charge is 0.573 e. The Bertz CT molecular complexity index is 339. The lowest BCUT2D eigenvalue weighted by molar-refractivity contribution is -0.275. The zero-order valence-corrected chi connectivity index (χ0v) is 8.65. The Kier molecular flexibility index (Phi) is 3.87. The minimum Gasteiger partial charge on any atom is -0.405 e. The molecule has 0 bridgehead atoms. The van der Waals surface area contributed by atoms with Gasteiger partial charge in [0, 0.05) is 10.5 Å². The minimum absolute atomic E-state index is 0.124. The fraction of sp³-hybridized carbons (Fsp3) is 0.333. The van der Waals surface area contributed by atoms with Gasteiger partial charge in [0.1, 0.15) is 5.75 Å². The Hall–Kier alpha value is -0.880. The van der Waals surface area contributed by atoms with Crippen LogP contribution in [0.25, 0.3) is 0 Å². The highest BCUT2D eigenvalue weighted by Crippen LogP contribution is 2.29. The first kappa shape index (κ1) is 12.2. The Morgan fingerprint density at radius 3 is 2.53 bits per heavy atom. The van der Waals surface area contributed by atoms with Crippen molar-refractivity contribution in [3.05, 3.63) is 23.8 Å². The van der Waals surface area contributed by atoms with E-state index in [1.165, 1.54) is 30.0 Å². The fourth-order valence-electron chi connectivity index (χ4n) is 1.03. The first-order valence-corrected chi connectivity index (χ1v) is 5.22. The van der Waals surface area contributed by atoms with E-state index in [4.69, 9.17) is 5.11 Å². The molecule has 0 atom stereocenters. The molecule has 1 aromatic rings. The molecular weight excluding hydrogens is 229 g/mol. The summed E-state index contributed by atoms with van der Waals surface area (Å²) < 4.78 is 39.5. The summed E-state index contributed by atoms with van der Waals surface area (Å²) in [5.41, 5.74) is 0.124. The maximum atomic E-state index is 11.9. The van der Waals surface area contributed by atoms with Gasteiger partial charge in [-0.3, -0.25) is 0 Å². The van der Waals surface area contributed by atoms with Crippen LogP contribution in [0.3, 0.4) is 0 Å². The van der Waals surface area contributed by atoms with E-state index in [0.717, 1.165) is 4.90 Å². The third-order valence-electron chi connectivity index (χ3n) is 1.66. The lowest BCUT2D eigenvalue weighted by Crippen LogP contribution is -2.18. The van der Waals surface area contributed by atoms with Crippen LogP contribution in [0.5, 0.6) is 5.75 Å². The topological polar surface area (TPSA) is 29.5 Å². The Morgan fingerprint density at radius 1 is 1.40 bits per heavy atom. The first-order chi connectivity index (χ1) is 6.96. The first-order valence-electron chi connectivity index (χ1n) is 4.00. The van der Waals surface area contributed by atoms with Gasteiger partial charge in [0.05, 0.1) is 6.61 Å². The van der Waals surface area contributed by atoms with Gasteiger partial charge in [-0.1, -0.05) is 0 Å². The van der Waals surface area contributed by atoms with Crippen molar-refractivity contribution in [3.63, 3.8) is 0 Å². The van der Waals surface area contributed by atoms with Gasteiger partial charge in [0.15, 0.2) is 0 Å². The quantitative estimate of drug-likeness (QED) is 0.821. The number of thioether (sulfide) groups is 1. The van der Waals surface area contributed by atoms with E-state index >= 15 is 0 Å². The van der Waals surface area contributed by atoms with E-state index in [9.17, 15) is 13.2 Å². The number of rotatable bonds is 3. The van der Waals surface area contributed by atoms with Crippen LogP contribution in [-0.2, 0) is 6.61 Å². The highest BCUT2D eigenvalue weighted by Gasteiger charge is 2.31. The molecule has 0 aromatic heterocycles. The van der Waals surface area contributed by atoms with Crippen LogP contribution in [-0.4, -0.2) is 17.7 Å². The van der Waals surface area contributed by atoms with Crippen molar-refractivity contribution in [1.29, 1.82) is 0 Å². The molecule has 15 heavy (non-hydrogen) atoms. The molecule has 1 aromatic carbocycles. The molecule has 0 aliphatic rings. The van der Waals surface area contributed by atoms with E-state index in [1.807, 2.05) is 0 Å². The minimum atomic E-state index is -4.73. The Labute approximate surface area is 89.1 Å². The van der Waals surface area contributed by atoms with Gasteiger partial charge in [-0.05, 0) is 24.5 Å². The van der Waals surface area contributed by atoms with E-state index in [2.05, 4.69) is 4.74 Å². The smallest absolute Gasteiger partial charge is 0.405 e. The molecule has 1 N–H and O–H groups in total. The molecule has 2 nitrogen and oxygen atoms in total. The van der Waals surface area contributed by atoms with E-state index in [1.54, 1.807) is 6.26 Å². The maximum absolute atomic E-state index is 11.9. The van der Waals surface area contributed by atoms with Gasteiger partial charge >= 0.3 is 6.36 Å². The second kappa shape index (κ2) is 4.76. The SMILES string of the molecule is CSc1ccc(OC(F)(F)F)c(CO)c1. The number of aliphatic hydroxyl groups is 1. The van der Waals surface area contributed by atoms with Crippen LogP contribution < -0.4 is 4.74 Å². The Balaban J connectivity index is 2.97. The van der Waals surface area contributed by atoms with Crippen LogP contribution in [0, 0.1) is 0 Å². The summed E-state index contributed by atoms with van der Waals surface area (Å²) in [5, 5.41) is 8.88. The second-order valence-electron chi connectivity index (χ2n) is 2.68. The zero-order chi connectivity index (χ0) is 11.5. The summed E-state index contributed by atoms with van der Waals surface area (Å²) in [6, 6.07) is 4.17. The fourth-order valence-corrected chi connectivity index (χ4v) is 1.49. The molecule has 0 aliphatic carbocycles. The molecule has 0 spiro atoms. The molecule has 0 saturated heterocycles. The highest BCUT2D eigenvalue weighted by molar-refractivity contribution is 7.98. The summed E-state index contributed by atoms with van der Waals surface area (Å²) >= 11 is 1.38. The van der Waals surface area contributed by atoms with Crippen molar-refractivity contribution in [2.75, 3.05) is 6.26 Å². The average molecular weight is 238 g/mol. The van der Waals surface area contributed by atoms with Gasteiger partial charge in [-0.15, -0.1) is 24.9 Å². The predicted molar refractivity (Wildman–Crippen MR) is 50.8 cm³/mol. The Morgan fingerprint density at radius 2 is 2.07 bits per heavy atom. The third kappa shape index (κ3) is 3.64. The zero-order valence-electron chi connectivity index (χ0n) is 7.84. The van der Waals surface area contributed by atoms with Crippen molar-refractivity contribution in [3.8, 4) is 5.75 Å². The number of halogens is 3. The summed E-state index contributed by atoms with van der Waals surface area (Å²) in [5.74, 6) is -0.359. The van der Waals surface area contributed by atoms with E-state index in [0.29, 0.717) is 0 Å². The molecule has 0 unspecified atom stereocenters. The molecule has 6 heteroatoms. The number of benzene rings is 1. The third-order valence-corrected chi connectivity index (χ3v) is 2.39. The van der Waals surface area contributed by atoms with Crippen molar-refractivity contribution < 1.29 is 23.0 Å². The number of ether oxygens (including phenoxy) is 1. The standard InChI is InChI=1S/C9H9F3O2S/c1-15-7-2-3-8(6(4-7)5-13)14-9(10,11)12/h2-4,13H,5H2,1H3. The number of alkyl halides is 3. The molecule has 0 heterocycles. The molecule has 0 aliphatic heterocycles. The van der Waals surface area contributed by atoms with Crippen molar-refractivity contribution >= 4 is 11.8 Å². The van der Waals surface area contributed by atoms with Gasteiger partial charge in [0.25, 0.3) is 0 Å². The maximum Gasteiger partial charge on any atom is 0.573 e. The molecule has 1 rings (SSSR count). The van der Waals surface area contributed by atoms with E-state index < -0.39 is 13.0 Å². The normalized spacial score (nSPS) is 11.5. The van der Waals surface area contributed by atoms with E-state index in [-0.39, 0.29) is 11.3 Å². The van der Waals surface area contributed by atoms with Crippen LogP contribution >= 0.6 is 11.8 Å². The summed E-state index contributed by atoms with van der Waals surface area (Å²) in [7, 11) is 0. The predicted octanol–water partition coefficient (Wildman–Crippen LogP) is 2.80. The molecule has 0 amide bonds. The lowest BCUT2D eigenvalue weighted by atomic mass is 10.2. The van der Waals surface area contributed by atoms with Gasteiger partial charge in [-0.2, -0.15) is 0 Å². The van der Waals surface area contributed by atoms with Gasteiger partial charge in [0.2, 0.25) is 0 Å². The highest BCUT2D eigenvalue weighted by atomic mass is 32.2. The molecule has 84 valence electrons. The van der Waals surface area contributed by atoms with Crippen LogP contribution in [0.15, 0.2) is 23.1 Å². The van der Waals surface area contributed by atoms with Crippen LogP contribution in [0.4, 0.5) is 13.2 Å². The molecule has 0 fully saturated rings. The van der Waals surface area contributed by atoms with Crippen molar-refractivity contribution in [2.45, 2.75) is 17.9 Å². The monoisotopic (exact) mass is 238 g/mol. The van der Waals surface area contributed by atoms with Gasteiger partial charge in [-0.25, -0.2) is 0 Å². The molecular formula is C9H9F3O2S. The van der Waals surface area contributed by atoms with Gasteiger partial charge < -0.3 is 9.84 Å². The number of hydrogen-bond donors (Lipinski definition) is 1. The molecule has 0 radical (unpaired) electrons. The average Bonchev–Trinajstić information content (AvgIpc) is 2.16. The summed E-state index contributed by atoms with van der Waals surface area (Å²) in [4.78, 5) is 0.772. The number of hydrogen-bond acceptors (Lipinski definition) is 3. The summed E-state index contributed by atoms with van der Waals surface area (Å²) in [6.45, 7) is -0.486.